The summed E-state index contributed by atoms with van der Waals surface area (Å²) in [5.41, 5.74) is -0.305. The van der Waals surface area contributed by atoms with Gasteiger partial charge in [-0.2, -0.15) is 0 Å². The zero-order chi connectivity index (χ0) is 31.5. The van der Waals surface area contributed by atoms with Crippen molar-refractivity contribution in [3.05, 3.63) is 93.1 Å². The summed E-state index contributed by atoms with van der Waals surface area (Å²) in [6, 6.07) is 8.51. The van der Waals surface area contributed by atoms with Crippen molar-refractivity contribution >= 4 is 21.2 Å². The van der Waals surface area contributed by atoms with E-state index in [1.165, 1.54) is 24.3 Å². The van der Waals surface area contributed by atoms with E-state index in [9.17, 15) is 28.6 Å². The van der Waals surface area contributed by atoms with Gasteiger partial charge in [-0.05, 0) is 63.5 Å². The van der Waals surface area contributed by atoms with Gasteiger partial charge in [-0.15, -0.1) is 13.2 Å². The third kappa shape index (κ3) is 11.7. The quantitative estimate of drug-likeness (QED) is 0.0503. The van der Waals surface area contributed by atoms with Crippen molar-refractivity contribution in [2.45, 2.75) is 125 Å². The van der Waals surface area contributed by atoms with Gasteiger partial charge in [0.15, 0.2) is 0 Å². The fraction of sp³-hybridized carbons (Fsp3) is 0.529. The van der Waals surface area contributed by atoms with Crippen molar-refractivity contribution in [1.82, 2.24) is 0 Å². The summed E-state index contributed by atoms with van der Waals surface area (Å²) in [7, 11) is -4.53. The van der Waals surface area contributed by atoms with Gasteiger partial charge in [-0.1, -0.05) is 101 Å². The van der Waals surface area contributed by atoms with Crippen LogP contribution in [0.1, 0.15) is 114 Å². The molecule has 0 amide bonds. The zero-order valence-corrected chi connectivity index (χ0v) is 26.3. The minimum Gasteiger partial charge on any atom is -0.258 e. The van der Waals surface area contributed by atoms with Crippen molar-refractivity contribution in [3.63, 3.8) is 0 Å². The molecule has 0 saturated carbocycles. The molecule has 0 aliphatic carbocycles. The summed E-state index contributed by atoms with van der Waals surface area (Å²) in [5.74, 6) is 0. The molecule has 0 radical (unpaired) electrons. The lowest BCUT2D eigenvalue weighted by molar-refractivity contribution is -0.389. The molecular weight excluding hydrogens is 564 g/mol. The summed E-state index contributed by atoms with van der Waals surface area (Å²) in [6.45, 7) is 7.46. The van der Waals surface area contributed by atoms with Crippen LogP contribution in [0.5, 0.6) is 0 Å². The van der Waals surface area contributed by atoms with Crippen molar-refractivity contribution in [1.29, 1.82) is 0 Å². The van der Waals surface area contributed by atoms with Crippen LogP contribution in [0.2, 0.25) is 0 Å². The molecule has 0 bridgehead atoms. The van der Waals surface area contributed by atoms with Crippen molar-refractivity contribution in [2.24, 2.45) is 0 Å². The summed E-state index contributed by atoms with van der Waals surface area (Å²) in [6.07, 6.45) is 20.8. The number of para-hydroxylation sites is 2. The van der Waals surface area contributed by atoms with Gasteiger partial charge >= 0.3 is 0 Å². The van der Waals surface area contributed by atoms with E-state index in [-0.39, 0.29) is 0 Å². The maximum absolute atomic E-state index is 13.8. The van der Waals surface area contributed by atoms with Gasteiger partial charge in [0, 0.05) is 11.1 Å². The number of nitro benzene ring substituents is 2. The van der Waals surface area contributed by atoms with Gasteiger partial charge in [-0.25, -0.2) is 8.42 Å². The number of nitro groups is 2. The third-order valence-corrected chi connectivity index (χ3v) is 9.63. The Kier molecular flexibility index (Phi) is 16.5. The lowest BCUT2D eigenvalue weighted by Gasteiger charge is -2.11. The Morgan fingerprint density at radius 1 is 0.558 bits per heavy atom. The first kappa shape index (κ1) is 35.9. The molecule has 0 heterocycles. The number of rotatable bonds is 24. The molecule has 0 aliphatic rings. The molecule has 236 valence electrons. The van der Waals surface area contributed by atoms with Crippen LogP contribution < -0.4 is 0 Å². The molecule has 0 N–H and O–H groups in total. The van der Waals surface area contributed by atoms with Gasteiger partial charge < -0.3 is 0 Å². The Labute approximate surface area is 257 Å². The molecule has 2 aromatic rings. The van der Waals surface area contributed by atoms with Crippen LogP contribution in [0, 0.1) is 20.2 Å². The summed E-state index contributed by atoms with van der Waals surface area (Å²) in [4.78, 5) is 22.0. The zero-order valence-electron chi connectivity index (χ0n) is 25.5. The summed E-state index contributed by atoms with van der Waals surface area (Å²) in [5, 5.41) is 24.3. The molecule has 2 rings (SSSR count). The number of hydrogen-bond acceptors (Lipinski definition) is 6. The Balaban J connectivity index is 2.15. The van der Waals surface area contributed by atoms with Crippen LogP contribution in [-0.4, -0.2) is 18.3 Å². The van der Waals surface area contributed by atoms with Crippen molar-refractivity contribution in [2.75, 3.05) is 0 Å². The van der Waals surface area contributed by atoms with Crippen molar-refractivity contribution in [3.8, 4) is 0 Å². The van der Waals surface area contributed by atoms with Crippen LogP contribution in [0.3, 0.4) is 0 Å². The van der Waals surface area contributed by atoms with Crippen LogP contribution in [0.4, 0.5) is 11.4 Å². The number of allylic oxidation sites excluding steroid dienone is 2. The van der Waals surface area contributed by atoms with E-state index in [2.05, 4.69) is 13.2 Å². The second-order valence-corrected chi connectivity index (χ2v) is 13.0. The number of aryl methyl sites for hydroxylation is 2. The second kappa shape index (κ2) is 19.8. The molecular formula is C34H48N2O6S. The minimum atomic E-state index is -4.53. The minimum absolute atomic E-state index is 0.334. The van der Waals surface area contributed by atoms with Crippen LogP contribution in [0.15, 0.2) is 71.5 Å². The fourth-order valence-corrected chi connectivity index (χ4v) is 7.15. The van der Waals surface area contributed by atoms with Crippen LogP contribution >= 0.6 is 0 Å². The fourth-order valence-electron chi connectivity index (χ4n) is 5.48. The molecule has 0 aromatic heterocycles. The SMILES string of the molecule is C=CCCCCCCCCCc1cccc(S(=O)(=O)c2cccc(CCCCCCCCCC=C)c2[N+](=O)[O-])c1[N+](=O)[O-]. The van der Waals surface area contributed by atoms with Gasteiger partial charge in [0.1, 0.15) is 9.79 Å². The van der Waals surface area contributed by atoms with E-state index in [1.807, 2.05) is 12.2 Å². The molecule has 2 aromatic carbocycles. The largest absolute Gasteiger partial charge is 0.291 e. The van der Waals surface area contributed by atoms with Gasteiger partial charge in [-0.3, -0.25) is 20.2 Å². The Hall–Kier alpha value is -3.33. The molecule has 0 saturated heterocycles. The summed E-state index contributed by atoms with van der Waals surface area (Å²) >= 11 is 0. The van der Waals surface area contributed by atoms with E-state index < -0.39 is 40.8 Å². The molecule has 0 aliphatic heterocycles. The number of hydrogen-bond donors (Lipinski definition) is 0. The standard InChI is InChI=1S/C34H48N2O6S/c1-3-5-7-9-11-13-15-17-19-23-29-25-21-27-31(33(29)35(37)38)43(41,42)32-28-22-26-30(34(32)36(39)40)24-20-18-16-14-12-10-8-6-4-2/h3-4,21-22,25-28H,1-2,5-20,23-24H2. The highest BCUT2D eigenvalue weighted by Gasteiger charge is 2.36. The lowest BCUT2D eigenvalue weighted by Crippen LogP contribution is -2.11. The Morgan fingerprint density at radius 3 is 1.21 bits per heavy atom. The number of benzene rings is 2. The van der Waals surface area contributed by atoms with E-state index >= 15 is 0 Å². The molecule has 0 atom stereocenters. The smallest absolute Gasteiger partial charge is 0.258 e. The van der Waals surface area contributed by atoms with E-state index in [0.717, 1.165) is 89.9 Å². The molecule has 43 heavy (non-hydrogen) atoms. The lowest BCUT2D eigenvalue weighted by atomic mass is 10.0. The van der Waals surface area contributed by atoms with Gasteiger partial charge in [0.2, 0.25) is 9.84 Å². The Bertz CT molecular complexity index is 1210. The highest BCUT2D eigenvalue weighted by atomic mass is 32.2. The molecule has 0 spiro atoms. The van der Waals surface area contributed by atoms with Crippen LogP contribution in [0.25, 0.3) is 0 Å². The number of unbranched alkanes of at least 4 members (excludes halogenated alkanes) is 14. The highest BCUT2D eigenvalue weighted by molar-refractivity contribution is 7.91. The molecule has 0 unspecified atom stereocenters. The normalized spacial score (nSPS) is 11.3. The maximum atomic E-state index is 13.8. The molecule has 9 heteroatoms. The topological polar surface area (TPSA) is 120 Å². The van der Waals surface area contributed by atoms with Gasteiger partial charge in [0.05, 0.1) is 9.85 Å². The van der Waals surface area contributed by atoms with Gasteiger partial charge in [0.25, 0.3) is 11.4 Å². The molecule has 0 fully saturated rings. The van der Waals surface area contributed by atoms with E-state index in [0.29, 0.717) is 36.8 Å². The first-order valence-electron chi connectivity index (χ1n) is 15.7. The number of sulfone groups is 1. The molecule has 8 nitrogen and oxygen atoms in total. The Morgan fingerprint density at radius 2 is 0.884 bits per heavy atom. The monoisotopic (exact) mass is 612 g/mol. The predicted molar refractivity (Wildman–Crippen MR) is 173 cm³/mol. The van der Waals surface area contributed by atoms with Crippen LogP contribution in [-0.2, 0) is 22.7 Å². The maximum Gasteiger partial charge on any atom is 0.291 e. The average molecular weight is 613 g/mol. The third-order valence-electron chi connectivity index (χ3n) is 7.82. The number of nitrogens with zero attached hydrogens (tertiary/aromatic N) is 2. The summed E-state index contributed by atoms with van der Waals surface area (Å²) < 4.78 is 27.6. The predicted octanol–water partition coefficient (Wildman–Crippen LogP) is 10.0. The highest BCUT2D eigenvalue weighted by Crippen LogP contribution is 2.38. The first-order valence-corrected chi connectivity index (χ1v) is 17.2. The van der Waals surface area contributed by atoms with E-state index in [1.54, 1.807) is 12.1 Å². The van der Waals surface area contributed by atoms with E-state index in [4.69, 9.17) is 0 Å². The van der Waals surface area contributed by atoms with Crippen molar-refractivity contribution < 1.29 is 18.3 Å². The average Bonchev–Trinajstić information content (AvgIpc) is 2.98. The first-order chi connectivity index (χ1) is 20.8. The second-order valence-electron chi connectivity index (χ2n) is 11.1.